The number of nitrogens with zero attached hydrogens (tertiary/aromatic N) is 3. The molecule has 1 aromatic heterocycles. The number of aromatic nitrogens is 2. The lowest BCUT2D eigenvalue weighted by molar-refractivity contribution is -0.129. The fourth-order valence-corrected chi connectivity index (χ4v) is 2.94. The van der Waals surface area contributed by atoms with Crippen LogP contribution < -0.4 is 9.47 Å². The number of ether oxygens (including phenoxy) is 2. The Morgan fingerprint density at radius 3 is 2.96 bits per heavy atom. The number of hydrogen-bond acceptors (Lipinski definition) is 5. The molecule has 0 radical (unpaired) electrons. The van der Waals surface area contributed by atoms with Crippen LogP contribution in [0.3, 0.4) is 0 Å². The van der Waals surface area contributed by atoms with Crippen LogP contribution in [0.15, 0.2) is 49.2 Å². The Hall–Kier alpha value is -2.96. The van der Waals surface area contributed by atoms with Crippen LogP contribution in [0.5, 0.6) is 11.6 Å². The van der Waals surface area contributed by atoms with E-state index in [1.165, 1.54) is 11.0 Å². The van der Waals surface area contributed by atoms with Gasteiger partial charge in [0.25, 0.3) is 0 Å². The predicted molar refractivity (Wildman–Crippen MR) is 94.7 cm³/mol. The molecule has 3 rings (SSSR count). The summed E-state index contributed by atoms with van der Waals surface area (Å²) in [5, 5.41) is 7.90. The van der Waals surface area contributed by atoms with Gasteiger partial charge in [-0.15, -0.1) is 5.10 Å². The van der Waals surface area contributed by atoms with Crippen LogP contribution >= 0.6 is 0 Å². The molecule has 0 unspecified atom stereocenters. The Labute approximate surface area is 151 Å². The number of benzene rings is 1. The summed E-state index contributed by atoms with van der Waals surface area (Å²) in [4.78, 5) is 13.0. The highest BCUT2D eigenvalue weighted by atomic mass is 19.1. The maximum Gasteiger partial charge on any atom is 0.246 e. The molecule has 2 atom stereocenters. The highest BCUT2D eigenvalue weighted by molar-refractivity contribution is 5.87. The number of halogens is 1. The number of likely N-dealkylation sites (tertiary alicyclic amines) is 1. The molecule has 1 aromatic carbocycles. The minimum absolute atomic E-state index is 0.0187. The quantitative estimate of drug-likeness (QED) is 0.770. The summed E-state index contributed by atoms with van der Waals surface area (Å²) >= 11 is 0. The first-order valence-electron chi connectivity index (χ1n) is 8.30. The molecular weight excluding hydrogens is 337 g/mol. The number of rotatable bonds is 5. The minimum Gasteiger partial charge on any atom is -0.496 e. The van der Waals surface area contributed by atoms with Crippen molar-refractivity contribution in [3.05, 3.63) is 49.2 Å². The Balaban J connectivity index is 1.73. The average Bonchev–Trinajstić information content (AvgIpc) is 2.69. The SMILES string of the molecule is C=CC(=O)N1CC[C@H](Oc2cc(-c3ccccc3OC)cnn2)[C@H](F)C1. The normalized spacial score (nSPS) is 19.7. The van der Waals surface area contributed by atoms with E-state index in [2.05, 4.69) is 16.8 Å². The number of methoxy groups -OCH3 is 1. The molecule has 6 nitrogen and oxygen atoms in total. The predicted octanol–water partition coefficient (Wildman–Crippen LogP) is 2.66. The largest absolute Gasteiger partial charge is 0.496 e. The van der Waals surface area contributed by atoms with Gasteiger partial charge in [0.15, 0.2) is 6.17 Å². The van der Waals surface area contributed by atoms with E-state index in [0.717, 1.165) is 11.1 Å². The van der Waals surface area contributed by atoms with Crippen molar-refractivity contribution >= 4 is 5.91 Å². The number of para-hydroxylation sites is 1. The van der Waals surface area contributed by atoms with Crippen LogP contribution in [0.1, 0.15) is 6.42 Å². The molecule has 136 valence electrons. The molecule has 1 aliphatic rings. The molecule has 0 aliphatic carbocycles. The number of piperidine rings is 1. The van der Waals surface area contributed by atoms with Gasteiger partial charge in [0.05, 0.1) is 19.9 Å². The molecule has 2 heterocycles. The lowest BCUT2D eigenvalue weighted by atomic mass is 10.1. The summed E-state index contributed by atoms with van der Waals surface area (Å²) in [5.41, 5.74) is 1.61. The zero-order chi connectivity index (χ0) is 18.5. The standard InChI is InChI=1S/C19H20FN3O3/c1-3-19(24)23-9-8-17(15(20)12-23)26-18-10-13(11-21-22-18)14-6-4-5-7-16(14)25-2/h3-7,10-11,15,17H,1,8-9,12H2,2H3/t15-,17+/m1/s1. The lowest BCUT2D eigenvalue weighted by Crippen LogP contribution is -2.48. The summed E-state index contributed by atoms with van der Waals surface area (Å²) in [7, 11) is 1.59. The third-order valence-corrected chi connectivity index (χ3v) is 4.29. The first kappa shape index (κ1) is 17.8. The van der Waals surface area contributed by atoms with Gasteiger partial charge in [-0.25, -0.2) is 4.39 Å². The molecule has 1 amide bonds. The van der Waals surface area contributed by atoms with Crippen LogP contribution in [0, 0.1) is 0 Å². The fourth-order valence-electron chi connectivity index (χ4n) is 2.94. The molecule has 0 bridgehead atoms. The van der Waals surface area contributed by atoms with Crippen LogP contribution in [0.4, 0.5) is 4.39 Å². The van der Waals surface area contributed by atoms with Crippen molar-refractivity contribution in [1.29, 1.82) is 0 Å². The van der Waals surface area contributed by atoms with Crippen LogP contribution in [0.2, 0.25) is 0 Å². The summed E-state index contributed by atoms with van der Waals surface area (Å²) < 4.78 is 25.5. The van der Waals surface area contributed by atoms with E-state index in [9.17, 15) is 9.18 Å². The van der Waals surface area contributed by atoms with E-state index >= 15 is 0 Å². The van der Waals surface area contributed by atoms with Gasteiger partial charge < -0.3 is 14.4 Å². The molecule has 7 heteroatoms. The van der Waals surface area contributed by atoms with Crippen molar-refractivity contribution in [3.8, 4) is 22.8 Å². The summed E-state index contributed by atoms with van der Waals surface area (Å²) in [6.45, 7) is 3.82. The van der Waals surface area contributed by atoms with Crippen molar-refractivity contribution in [2.24, 2.45) is 0 Å². The minimum atomic E-state index is -1.30. The van der Waals surface area contributed by atoms with Gasteiger partial charge in [-0.05, 0) is 12.1 Å². The second kappa shape index (κ2) is 7.95. The van der Waals surface area contributed by atoms with Crippen LogP contribution in [0.25, 0.3) is 11.1 Å². The highest BCUT2D eigenvalue weighted by Gasteiger charge is 2.32. The first-order valence-corrected chi connectivity index (χ1v) is 8.30. The Bertz CT molecular complexity index is 799. The van der Waals surface area contributed by atoms with E-state index < -0.39 is 12.3 Å². The molecule has 0 spiro atoms. The van der Waals surface area contributed by atoms with Crippen molar-refractivity contribution < 1.29 is 18.7 Å². The number of amides is 1. The summed E-state index contributed by atoms with van der Waals surface area (Å²) in [5.74, 6) is 0.666. The summed E-state index contributed by atoms with van der Waals surface area (Å²) in [6.07, 6.45) is 1.19. The molecule has 1 aliphatic heterocycles. The van der Waals surface area contributed by atoms with E-state index in [0.29, 0.717) is 18.7 Å². The Morgan fingerprint density at radius 2 is 2.23 bits per heavy atom. The van der Waals surface area contributed by atoms with Crippen molar-refractivity contribution in [1.82, 2.24) is 15.1 Å². The molecule has 1 saturated heterocycles. The van der Waals surface area contributed by atoms with Crippen molar-refractivity contribution in [2.45, 2.75) is 18.7 Å². The van der Waals surface area contributed by atoms with E-state index in [1.54, 1.807) is 19.4 Å². The van der Waals surface area contributed by atoms with Crippen molar-refractivity contribution in [3.63, 3.8) is 0 Å². The molecule has 26 heavy (non-hydrogen) atoms. The number of carbonyl (C=O) groups excluding carboxylic acids is 1. The molecular formula is C19H20FN3O3. The topological polar surface area (TPSA) is 64.6 Å². The van der Waals surface area contributed by atoms with E-state index in [1.807, 2.05) is 24.3 Å². The van der Waals surface area contributed by atoms with E-state index in [-0.39, 0.29) is 18.3 Å². The third-order valence-electron chi connectivity index (χ3n) is 4.29. The molecule has 2 aromatic rings. The van der Waals surface area contributed by atoms with Crippen LogP contribution in [-0.4, -0.2) is 53.5 Å². The molecule has 1 fully saturated rings. The van der Waals surface area contributed by atoms with Gasteiger partial charge in [0.1, 0.15) is 11.9 Å². The van der Waals surface area contributed by atoms with Gasteiger partial charge in [-0.2, -0.15) is 5.10 Å². The second-order valence-electron chi connectivity index (χ2n) is 5.93. The third kappa shape index (κ3) is 3.82. The lowest BCUT2D eigenvalue weighted by Gasteiger charge is -2.33. The highest BCUT2D eigenvalue weighted by Crippen LogP contribution is 2.31. The molecule has 0 saturated carbocycles. The summed E-state index contributed by atoms with van der Waals surface area (Å²) in [6, 6.07) is 9.22. The van der Waals surface area contributed by atoms with Gasteiger partial charge in [-0.1, -0.05) is 24.8 Å². The van der Waals surface area contributed by atoms with E-state index in [4.69, 9.17) is 9.47 Å². The second-order valence-corrected chi connectivity index (χ2v) is 5.93. The zero-order valence-electron chi connectivity index (χ0n) is 14.5. The first-order chi connectivity index (χ1) is 12.6. The van der Waals surface area contributed by atoms with Gasteiger partial charge in [0, 0.05) is 30.2 Å². The fraction of sp³-hybridized carbons (Fsp3) is 0.316. The maximum atomic E-state index is 14.4. The van der Waals surface area contributed by atoms with Gasteiger partial charge in [-0.3, -0.25) is 4.79 Å². The average molecular weight is 357 g/mol. The van der Waals surface area contributed by atoms with Crippen molar-refractivity contribution in [2.75, 3.05) is 20.2 Å². The smallest absolute Gasteiger partial charge is 0.246 e. The maximum absolute atomic E-state index is 14.4. The number of hydrogen-bond donors (Lipinski definition) is 0. The van der Waals surface area contributed by atoms with Gasteiger partial charge >= 0.3 is 0 Å². The Morgan fingerprint density at radius 1 is 1.42 bits per heavy atom. The number of carbonyl (C=O) groups is 1. The molecule has 0 N–H and O–H groups in total. The zero-order valence-corrected chi connectivity index (χ0v) is 14.5. The van der Waals surface area contributed by atoms with Gasteiger partial charge in [0.2, 0.25) is 11.8 Å². The van der Waals surface area contributed by atoms with Crippen LogP contribution in [-0.2, 0) is 4.79 Å². The monoisotopic (exact) mass is 357 g/mol. The Kier molecular flexibility index (Phi) is 5.46. The number of alkyl halides is 1.